The van der Waals surface area contributed by atoms with Gasteiger partial charge in [-0.05, 0) is 65.7 Å². The molecule has 0 unspecified atom stereocenters. The first-order chi connectivity index (χ1) is 18.9. The van der Waals surface area contributed by atoms with Gasteiger partial charge in [-0.3, -0.25) is 9.59 Å². The zero-order chi connectivity index (χ0) is 27.4. The summed E-state index contributed by atoms with van der Waals surface area (Å²) in [6, 6.07) is 29.3. The number of aromatic carboxylic acids is 1. The Morgan fingerprint density at radius 3 is 1.82 bits per heavy atom. The Kier molecular flexibility index (Phi) is 7.00. The lowest BCUT2D eigenvalue weighted by atomic mass is 10.0. The largest absolute Gasteiger partial charge is 0.489 e. The van der Waals surface area contributed by atoms with Gasteiger partial charge in [-0.2, -0.15) is 0 Å². The number of amides is 4. The van der Waals surface area contributed by atoms with Gasteiger partial charge in [0, 0.05) is 0 Å². The molecule has 1 fully saturated rings. The highest BCUT2D eigenvalue weighted by Crippen LogP contribution is 2.30. The summed E-state index contributed by atoms with van der Waals surface area (Å²) >= 11 is 0. The maximum Gasteiger partial charge on any atom is 0.343 e. The lowest BCUT2D eigenvalue weighted by Crippen LogP contribution is -2.57. The first-order valence-corrected chi connectivity index (χ1v) is 12.0. The van der Waals surface area contributed by atoms with Gasteiger partial charge in [-0.15, -0.1) is 0 Å². The molecule has 4 amide bonds. The van der Waals surface area contributed by atoms with E-state index in [0.717, 1.165) is 15.4 Å². The van der Waals surface area contributed by atoms with Crippen molar-refractivity contribution in [2.75, 3.05) is 9.80 Å². The molecule has 1 N–H and O–H groups in total. The maximum atomic E-state index is 13.5. The van der Waals surface area contributed by atoms with Crippen molar-refractivity contribution < 1.29 is 29.0 Å². The summed E-state index contributed by atoms with van der Waals surface area (Å²) in [5.74, 6) is -1.98. The molecule has 0 bridgehead atoms. The Balaban J connectivity index is 1.46. The van der Waals surface area contributed by atoms with Crippen LogP contribution in [0.4, 0.5) is 16.2 Å². The Morgan fingerprint density at radius 1 is 0.718 bits per heavy atom. The molecule has 1 aliphatic rings. The second kappa shape index (κ2) is 10.9. The number of hydrogen-bond acceptors (Lipinski definition) is 5. The minimum Gasteiger partial charge on any atom is -0.489 e. The van der Waals surface area contributed by atoms with Crippen LogP contribution in [-0.2, 0) is 16.2 Å². The first kappa shape index (κ1) is 25.2. The van der Waals surface area contributed by atoms with Crippen LogP contribution in [-0.4, -0.2) is 28.9 Å². The summed E-state index contributed by atoms with van der Waals surface area (Å²) in [5, 5.41) is 9.05. The minimum atomic E-state index is -1.01. The molecular weight excluding hydrogens is 496 g/mol. The third-order valence-corrected chi connectivity index (χ3v) is 6.05. The lowest BCUT2D eigenvalue weighted by Gasteiger charge is -2.33. The van der Waals surface area contributed by atoms with Gasteiger partial charge in [-0.25, -0.2) is 19.4 Å². The van der Waals surface area contributed by atoms with Crippen LogP contribution in [0.15, 0.2) is 115 Å². The number of rotatable bonds is 7. The van der Waals surface area contributed by atoms with Crippen molar-refractivity contribution in [1.29, 1.82) is 0 Å². The number of anilines is 2. The summed E-state index contributed by atoms with van der Waals surface area (Å²) in [6.45, 7) is 0.190. The summed E-state index contributed by atoms with van der Waals surface area (Å²) in [4.78, 5) is 53.5. The number of nitrogens with zero attached hydrogens (tertiary/aromatic N) is 2. The molecule has 1 aliphatic heterocycles. The van der Waals surface area contributed by atoms with E-state index in [-0.39, 0.29) is 17.7 Å². The highest BCUT2D eigenvalue weighted by atomic mass is 16.5. The molecule has 1 heterocycles. The summed E-state index contributed by atoms with van der Waals surface area (Å²) < 4.78 is 5.85. The van der Waals surface area contributed by atoms with Crippen molar-refractivity contribution >= 4 is 41.3 Å². The zero-order valence-corrected chi connectivity index (χ0v) is 20.6. The third kappa shape index (κ3) is 5.30. The number of imide groups is 2. The third-order valence-electron chi connectivity index (χ3n) is 6.05. The highest BCUT2D eigenvalue weighted by molar-refractivity contribution is 6.46. The van der Waals surface area contributed by atoms with Gasteiger partial charge in [0.15, 0.2) is 0 Å². The van der Waals surface area contributed by atoms with E-state index < -0.39 is 23.8 Å². The van der Waals surface area contributed by atoms with Crippen LogP contribution < -0.4 is 14.5 Å². The van der Waals surface area contributed by atoms with Crippen LogP contribution in [0.25, 0.3) is 6.08 Å². The van der Waals surface area contributed by atoms with E-state index in [2.05, 4.69) is 0 Å². The van der Waals surface area contributed by atoms with Crippen LogP contribution in [0.1, 0.15) is 21.5 Å². The molecule has 8 heteroatoms. The topological polar surface area (TPSA) is 104 Å². The van der Waals surface area contributed by atoms with Gasteiger partial charge in [0.05, 0.1) is 16.9 Å². The number of urea groups is 1. The van der Waals surface area contributed by atoms with E-state index in [1.54, 1.807) is 97.1 Å². The SMILES string of the molecule is O=C(O)c1ccc(COc2cccc(C=C3C(=O)N(c4ccccc4)C(=O)N(c4ccccc4)C3=O)c2)cc1. The normalized spacial score (nSPS) is 13.4. The molecular formula is C31H22N2O6. The molecule has 1 saturated heterocycles. The Hall–Kier alpha value is -5.50. The molecule has 192 valence electrons. The van der Waals surface area contributed by atoms with Crippen LogP contribution >= 0.6 is 0 Å². The van der Waals surface area contributed by atoms with Crippen molar-refractivity contribution in [3.8, 4) is 5.75 Å². The average Bonchev–Trinajstić information content (AvgIpc) is 2.96. The second-order valence-corrected chi connectivity index (χ2v) is 8.66. The molecule has 0 spiro atoms. The van der Waals surface area contributed by atoms with Crippen molar-refractivity contribution in [3.05, 3.63) is 131 Å². The molecule has 39 heavy (non-hydrogen) atoms. The van der Waals surface area contributed by atoms with E-state index in [1.165, 1.54) is 18.2 Å². The fraction of sp³-hybridized carbons (Fsp3) is 0.0323. The van der Waals surface area contributed by atoms with E-state index in [0.29, 0.717) is 22.7 Å². The van der Waals surface area contributed by atoms with Gasteiger partial charge < -0.3 is 9.84 Å². The molecule has 5 rings (SSSR count). The van der Waals surface area contributed by atoms with E-state index >= 15 is 0 Å². The molecule has 4 aromatic rings. The number of carbonyl (C=O) groups excluding carboxylic acids is 3. The predicted octanol–water partition coefficient (Wildman–Crippen LogP) is 5.55. The van der Waals surface area contributed by atoms with Crippen LogP contribution in [0, 0.1) is 0 Å². The van der Waals surface area contributed by atoms with Crippen molar-refractivity contribution in [2.45, 2.75) is 6.61 Å². The van der Waals surface area contributed by atoms with Crippen molar-refractivity contribution in [3.63, 3.8) is 0 Å². The molecule has 8 nitrogen and oxygen atoms in total. The number of hydrogen-bond donors (Lipinski definition) is 1. The Morgan fingerprint density at radius 2 is 1.28 bits per heavy atom. The number of benzene rings is 4. The summed E-state index contributed by atoms with van der Waals surface area (Å²) in [6.07, 6.45) is 1.44. The van der Waals surface area contributed by atoms with E-state index in [9.17, 15) is 19.2 Å². The molecule has 4 aromatic carbocycles. The van der Waals surface area contributed by atoms with Gasteiger partial charge in [0.25, 0.3) is 11.8 Å². The number of ether oxygens (including phenoxy) is 1. The van der Waals surface area contributed by atoms with Gasteiger partial charge in [0.1, 0.15) is 17.9 Å². The monoisotopic (exact) mass is 518 g/mol. The zero-order valence-electron chi connectivity index (χ0n) is 20.6. The summed E-state index contributed by atoms with van der Waals surface area (Å²) in [7, 11) is 0. The number of carboxylic acid groups (broad SMARTS) is 1. The predicted molar refractivity (Wildman–Crippen MR) is 145 cm³/mol. The molecule has 0 atom stereocenters. The number of carbonyl (C=O) groups is 4. The van der Waals surface area contributed by atoms with Crippen LogP contribution in [0.5, 0.6) is 5.75 Å². The average molecular weight is 519 g/mol. The van der Waals surface area contributed by atoms with Crippen LogP contribution in [0.2, 0.25) is 0 Å². The van der Waals surface area contributed by atoms with E-state index in [1.807, 2.05) is 0 Å². The van der Waals surface area contributed by atoms with Crippen molar-refractivity contribution in [2.24, 2.45) is 0 Å². The van der Waals surface area contributed by atoms with Gasteiger partial charge >= 0.3 is 12.0 Å². The standard InChI is InChI=1S/C31H22N2O6/c34-28-27(19-22-8-7-13-26(18-22)39-20-21-14-16-23(17-15-21)30(36)37)29(35)33(25-11-5-2-6-12-25)31(38)32(28)24-9-3-1-4-10-24/h1-19H,20H2,(H,36,37). The molecule has 0 radical (unpaired) electrons. The number of carboxylic acids is 1. The molecule has 0 aromatic heterocycles. The first-order valence-electron chi connectivity index (χ1n) is 12.0. The smallest absolute Gasteiger partial charge is 0.343 e. The van der Waals surface area contributed by atoms with Crippen LogP contribution in [0.3, 0.4) is 0 Å². The Labute approximate surface area is 224 Å². The second-order valence-electron chi connectivity index (χ2n) is 8.66. The molecule has 0 saturated carbocycles. The maximum absolute atomic E-state index is 13.5. The summed E-state index contributed by atoms with van der Waals surface area (Å²) in [5.41, 5.74) is 2.00. The quantitative estimate of drug-likeness (QED) is 0.254. The van der Waals surface area contributed by atoms with Gasteiger partial charge in [0.2, 0.25) is 0 Å². The number of para-hydroxylation sites is 2. The fourth-order valence-electron chi connectivity index (χ4n) is 4.11. The van der Waals surface area contributed by atoms with E-state index in [4.69, 9.17) is 9.84 Å². The highest BCUT2D eigenvalue weighted by Gasteiger charge is 2.43. The van der Waals surface area contributed by atoms with Gasteiger partial charge in [-0.1, -0.05) is 60.7 Å². The lowest BCUT2D eigenvalue weighted by molar-refractivity contribution is -0.121. The fourth-order valence-corrected chi connectivity index (χ4v) is 4.11. The molecule has 0 aliphatic carbocycles. The Bertz CT molecular complexity index is 1520. The van der Waals surface area contributed by atoms with Crippen molar-refractivity contribution in [1.82, 2.24) is 0 Å². The number of barbiturate groups is 1. The minimum absolute atomic E-state index is 0.177.